The van der Waals surface area contributed by atoms with E-state index < -0.39 is 0 Å². The van der Waals surface area contributed by atoms with Crippen LogP contribution < -0.4 is 5.32 Å². The molecule has 2 aliphatic heterocycles. The Morgan fingerprint density at radius 3 is 2.61 bits per heavy atom. The van der Waals surface area contributed by atoms with Crippen LogP contribution in [0.5, 0.6) is 0 Å². The lowest BCUT2D eigenvalue weighted by Crippen LogP contribution is -2.55. The predicted molar refractivity (Wildman–Crippen MR) is 70.0 cm³/mol. The van der Waals surface area contributed by atoms with Crippen molar-refractivity contribution in [3.8, 4) is 0 Å². The molecule has 0 saturated carbocycles. The number of carbonyl (C=O) groups excluding carboxylic acids is 1. The molecule has 0 spiro atoms. The van der Waals surface area contributed by atoms with Gasteiger partial charge in [-0.2, -0.15) is 0 Å². The molecule has 0 aromatic rings. The van der Waals surface area contributed by atoms with Gasteiger partial charge in [0.1, 0.15) is 6.10 Å². The molecule has 18 heavy (non-hydrogen) atoms. The normalized spacial score (nSPS) is 25.6. The molecule has 6 nitrogen and oxygen atoms in total. The van der Waals surface area contributed by atoms with Crippen LogP contribution in [-0.4, -0.2) is 85.9 Å². The van der Waals surface area contributed by atoms with Gasteiger partial charge in [-0.15, -0.1) is 12.4 Å². The average molecular weight is 280 g/mol. The Morgan fingerprint density at radius 2 is 2.06 bits per heavy atom. The second-order valence-corrected chi connectivity index (χ2v) is 4.45. The number of nitrogens with one attached hydrogen (secondary N) is 1. The van der Waals surface area contributed by atoms with Crippen LogP contribution in [0.2, 0.25) is 0 Å². The van der Waals surface area contributed by atoms with Crippen LogP contribution in [0.1, 0.15) is 0 Å². The standard InChI is InChI=1S/C11H21N3O3.ClH/c15-7-6-13-2-4-14(5-3-13)11(16)10-9-12-1-8-17-10;/h10,12,15H,1-9H2;1H. The highest BCUT2D eigenvalue weighted by atomic mass is 35.5. The van der Waals surface area contributed by atoms with Crippen LogP contribution in [0.25, 0.3) is 0 Å². The van der Waals surface area contributed by atoms with Crippen LogP contribution in [0.4, 0.5) is 0 Å². The highest BCUT2D eigenvalue weighted by Gasteiger charge is 2.28. The topological polar surface area (TPSA) is 65.0 Å². The van der Waals surface area contributed by atoms with E-state index in [0.29, 0.717) is 19.7 Å². The van der Waals surface area contributed by atoms with E-state index in [0.717, 1.165) is 32.7 Å². The van der Waals surface area contributed by atoms with E-state index in [1.165, 1.54) is 0 Å². The number of morpholine rings is 1. The Labute approximate surface area is 114 Å². The molecule has 7 heteroatoms. The molecule has 0 aromatic carbocycles. The van der Waals surface area contributed by atoms with Gasteiger partial charge in [0.2, 0.25) is 0 Å². The van der Waals surface area contributed by atoms with Gasteiger partial charge in [-0.3, -0.25) is 9.69 Å². The van der Waals surface area contributed by atoms with Crippen molar-refractivity contribution in [2.75, 3.05) is 59.0 Å². The van der Waals surface area contributed by atoms with E-state index >= 15 is 0 Å². The van der Waals surface area contributed by atoms with Gasteiger partial charge in [-0.05, 0) is 0 Å². The Morgan fingerprint density at radius 1 is 1.33 bits per heavy atom. The van der Waals surface area contributed by atoms with Crippen molar-refractivity contribution in [1.82, 2.24) is 15.1 Å². The van der Waals surface area contributed by atoms with Crippen LogP contribution in [0.15, 0.2) is 0 Å². The van der Waals surface area contributed by atoms with E-state index in [4.69, 9.17) is 9.84 Å². The number of β-amino-alcohol motifs (C(OH)–C–C–N with tert-alkyl or cyclic N) is 1. The van der Waals surface area contributed by atoms with Crippen molar-refractivity contribution in [2.45, 2.75) is 6.10 Å². The maximum absolute atomic E-state index is 12.1. The quantitative estimate of drug-likeness (QED) is 0.661. The minimum absolute atomic E-state index is 0. The Hall–Kier alpha value is -0.400. The first-order chi connectivity index (χ1) is 8.31. The number of ether oxygens (including phenoxy) is 1. The molecule has 106 valence electrons. The summed E-state index contributed by atoms with van der Waals surface area (Å²) in [5, 5.41) is 12.0. The average Bonchev–Trinajstić information content (AvgIpc) is 2.40. The number of piperazine rings is 1. The van der Waals surface area contributed by atoms with E-state index in [-0.39, 0.29) is 31.0 Å². The van der Waals surface area contributed by atoms with Crippen molar-refractivity contribution in [1.29, 1.82) is 0 Å². The van der Waals surface area contributed by atoms with Gasteiger partial charge < -0.3 is 20.1 Å². The van der Waals surface area contributed by atoms with Crippen molar-refractivity contribution in [3.63, 3.8) is 0 Å². The number of aliphatic hydroxyl groups excluding tert-OH is 1. The third-order valence-corrected chi connectivity index (χ3v) is 3.30. The highest BCUT2D eigenvalue weighted by molar-refractivity contribution is 5.85. The summed E-state index contributed by atoms with van der Waals surface area (Å²) in [5.41, 5.74) is 0. The lowest BCUT2D eigenvalue weighted by Gasteiger charge is -2.36. The van der Waals surface area contributed by atoms with E-state index in [9.17, 15) is 4.79 Å². The lowest BCUT2D eigenvalue weighted by molar-refractivity contribution is -0.147. The largest absolute Gasteiger partial charge is 0.395 e. The fourth-order valence-corrected chi connectivity index (χ4v) is 2.26. The number of carbonyl (C=O) groups is 1. The molecular formula is C11H22ClN3O3. The zero-order chi connectivity index (χ0) is 12.1. The van der Waals surface area contributed by atoms with Gasteiger partial charge in [-0.1, -0.05) is 0 Å². The third-order valence-electron chi connectivity index (χ3n) is 3.30. The molecule has 0 bridgehead atoms. The summed E-state index contributed by atoms with van der Waals surface area (Å²) < 4.78 is 5.46. The molecule has 2 N–H and O–H groups in total. The first-order valence-electron chi connectivity index (χ1n) is 6.25. The first kappa shape index (κ1) is 15.7. The van der Waals surface area contributed by atoms with Crippen LogP contribution in [0.3, 0.4) is 0 Å². The monoisotopic (exact) mass is 279 g/mol. The molecule has 1 unspecified atom stereocenters. The Kier molecular flexibility index (Phi) is 6.88. The SMILES string of the molecule is Cl.O=C(C1CNCCO1)N1CCN(CCO)CC1. The van der Waals surface area contributed by atoms with Crippen molar-refractivity contribution in [3.05, 3.63) is 0 Å². The third kappa shape index (κ3) is 4.07. The zero-order valence-electron chi connectivity index (χ0n) is 10.5. The second kappa shape index (κ2) is 7.91. The number of rotatable bonds is 3. The molecule has 2 rings (SSSR count). The molecule has 0 aliphatic carbocycles. The number of hydrogen-bond donors (Lipinski definition) is 2. The van der Waals surface area contributed by atoms with Crippen LogP contribution in [0, 0.1) is 0 Å². The smallest absolute Gasteiger partial charge is 0.253 e. The summed E-state index contributed by atoms with van der Waals surface area (Å²) in [4.78, 5) is 16.1. The molecule has 0 aromatic heterocycles. The summed E-state index contributed by atoms with van der Waals surface area (Å²) in [7, 11) is 0. The minimum Gasteiger partial charge on any atom is -0.395 e. The summed E-state index contributed by atoms with van der Waals surface area (Å²) in [6.45, 7) is 6.09. The van der Waals surface area contributed by atoms with E-state index in [1.807, 2.05) is 4.90 Å². The number of halogens is 1. The van der Waals surface area contributed by atoms with Crippen LogP contribution in [-0.2, 0) is 9.53 Å². The Balaban J connectivity index is 0.00000162. The summed E-state index contributed by atoms with van der Waals surface area (Å²) in [6, 6.07) is 0. The van der Waals surface area contributed by atoms with E-state index in [1.54, 1.807) is 0 Å². The number of amides is 1. The highest BCUT2D eigenvalue weighted by Crippen LogP contribution is 2.07. The first-order valence-corrected chi connectivity index (χ1v) is 6.25. The molecule has 2 aliphatic rings. The maximum atomic E-state index is 12.1. The fraction of sp³-hybridized carbons (Fsp3) is 0.909. The van der Waals surface area contributed by atoms with E-state index in [2.05, 4.69) is 10.2 Å². The molecule has 2 heterocycles. The van der Waals surface area contributed by atoms with Gasteiger partial charge in [-0.25, -0.2) is 0 Å². The summed E-state index contributed by atoms with van der Waals surface area (Å²) in [5.74, 6) is 0.0980. The zero-order valence-corrected chi connectivity index (χ0v) is 11.3. The molecule has 1 amide bonds. The van der Waals surface area contributed by atoms with Crippen molar-refractivity contribution >= 4 is 18.3 Å². The Bertz CT molecular complexity index is 254. The predicted octanol–water partition coefficient (Wildman–Crippen LogP) is -1.47. The van der Waals surface area contributed by atoms with Crippen LogP contribution >= 0.6 is 12.4 Å². The molecule has 2 saturated heterocycles. The number of hydrogen-bond acceptors (Lipinski definition) is 5. The number of nitrogens with zero attached hydrogens (tertiary/aromatic N) is 2. The van der Waals surface area contributed by atoms with Crippen molar-refractivity contribution < 1.29 is 14.6 Å². The fourth-order valence-electron chi connectivity index (χ4n) is 2.26. The summed E-state index contributed by atoms with van der Waals surface area (Å²) in [6.07, 6.45) is -0.312. The minimum atomic E-state index is -0.312. The van der Waals surface area contributed by atoms with Gasteiger partial charge >= 0.3 is 0 Å². The molecular weight excluding hydrogens is 258 g/mol. The van der Waals surface area contributed by atoms with Gasteiger partial charge in [0, 0.05) is 45.8 Å². The van der Waals surface area contributed by atoms with Gasteiger partial charge in [0.25, 0.3) is 5.91 Å². The van der Waals surface area contributed by atoms with Gasteiger partial charge in [0.15, 0.2) is 0 Å². The van der Waals surface area contributed by atoms with Crippen molar-refractivity contribution in [2.24, 2.45) is 0 Å². The van der Waals surface area contributed by atoms with Gasteiger partial charge in [0.05, 0.1) is 13.2 Å². The summed E-state index contributed by atoms with van der Waals surface area (Å²) >= 11 is 0. The lowest BCUT2D eigenvalue weighted by atomic mass is 10.2. The molecule has 0 radical (unpaired) electrons. The molecule has 1 atom stereocenters. The number of aliphatic hydroxyl groups is 1. The molecule has 2 fully saturated rings. The second-order valence-electron chi connectivity index (χ2n) is 4.45. The maximum Gasteiger partial charge on any atom is 0.253 e.